The van der Waals surface area contributed by atoms with Gasteiger partial charge in [0.1, 0.15) is 12.2 Å². The second kappa shape index (κ2) is 6.30. The molecule has 0 spiro atoms. The molecular weight excluding hydrogens is 300 g/mol. The van der Waals surface area contributed by atoms with E-state index in [4.69, 9.17) is 21.6 Å². The molecular formula is C16H15ClN4O. The van der Waals surface area contributed by atoms with Crippen LogP contribution in [0.15, 0.2) is 36.4 Å². The Labute approximate surface area is 134 Å². The van der Waals surface area contributed by atoms with E-state index in [1.807, 2.05) is 36.4 Å². The fourth-order valence-corrected chi connectivity index (χ4v) is 2.72. The molecule has 1 aliphatic heterocycles. The van der Waals surface area contributed by atoms with Gasteiger partial charge in [-0.05, 0) is 36.8 Å². The van der Waals surface area contributed by atoms with E-state index in [0.717, 1.165) is 11.4 Å². The second-order valence-corrected chi connectivity index (χ2v) is 5.70. The van der Waals surface area contributed by atoms with Crippen molar-refractivity contribution < 1.29 is 4.74 Å². The number of ether oxygens (including phenoxy) is 1. The molecule has 22 heavy (non-hydrogen) atoms. The van der Waals surface area contributed by atoms with E-state index in [0.29, 0.717) is 23.9 Å². The van der Waals surface area contributed by atoms with Crippen molar-refractivity contribution in [2.24, 2.45) is 0 Å². The topological polar surface area (TPSA) is 62.0 Å². The Morgan fingerprint density at radius 2 is 2.18 bits per heavy atom. The van der Waals surface area contributed by atoms with Gasteiger partial charge in [0, 0.05) is 5.02 Å². The van der Waals surface area contributed by atoms with E-state index in [1.165, 1.54) is 0 Å². The first kappa shape index (κ1) is 14.8. The number of nitriles is 1. The predicted octanol–water partition coefficient (Wildman–Crippen LogP) is 2.97. The average molecular weight is 315 g/mol. The lowest BCUT2D eigenvalue weighted by atomic mass is 10.1. The molecule has 2 heterocycles. The lowest BCUT2D eigenvalue weighted by molar-refractivity contribution is 0.0212. The van der Waals surface area contributed by atoms with Gasteiger partial charge in [-0.15, -0.1) is 10.2 Å². The summed E-state index contributed by atoms with van der Waals surface area (Å²) in [6.45, 7) is 3.34. The zero-order valence-electron chi connectivity index (χ0n) is 12.1. The fourth-order valence-electron chi connectivity index (χ4n) is 2.52. The molecule has 1 aromatic heterocycles. The normalized spacial score (nSPS) is 21.4. The highest BCUT2D eigenvalue weighted by molar-refractivity contribution is 6.30. The lowest BCUT2D eigenvalue weighted by Gasteiger charge is -2.38. The molecule has 0 aliphatic carbocycles. The van der Waals surface area contributed by atoms with Crippen LogP contribution < -0.4 is 4.90 Å². The molecule has 2 aromatic rings. The van der Waals surface area contributed by atoms with Gasteiger partial charge >= 0.3 is 0 Å². The maximum absolute atomic E-state index is 8.81. The molecule has 0 bridgehead atoms. The Morgan fingerprint density at radius 1 is 1.32 bits per heavy atom. The summed E-state index contributed by atoms with van der Waals surface area (Å²) in [6.07, 6.45) is -0.0626. The molecule has 5 nitrogen and oxygen atoms in total. The molecule has 0 N–H and O–H groups in total. The molecule has 2 unspecified atom stereocenters. The zero-order valence-corrected chi connectivity index (χ0v) is 12.9. The van der Waals surface area contributed by atoms with Crippen molar-refractivity contribution in [2.75, 3.05) is 18.1 Å². The standard InChI is InChI=1S/C16H15ClN4O/c1-11-10-22-15(12-3-2-4-13(17)7-12)9-21(11)16-6-5-14(8-18)19-20-16/h2-7,11,15H,9-10H2,1H3. The van der Waals surface area contributed by atoms with E-state index < -0.39 is 0 Å². The summed E-state index contributed by atoms with van der Waals surface area (Å²) in [5.74, 6) is 0.752. The van der Waals surface area contributed by atoms with Gasteiger partial charge in [0.15, 0.2) is 11.5 Å². The quantitative estimate of drug-likeness (QED) is 0.852. The SMILES string of the molecule is CC1COC(c2cccc(Cl)c2)CN1c1ccc(C#N)nn1. The van der Waals surface area contributed by atoms with Crippen molar-refractivity contribution in [3.63, 3.8) is 0 Å². The van der Waals surface area contributed by atoms with Gasteiger partial charge in [-0.2, -0.15) is 5.26 Å². The van der Waals surface area contributed by atoms with Gasteiger partial charge in [0.2, 0.25) is 0 Å². The number of nitrogens with zero attached hydrogens (tertiary/aromatic N) is 4. The molecule has 1 fully saturated rings. The van der Waals surface area contributed by atoms with Crippen LogP contribution in [0.2, 0.25) is 5.02 Å². The van der Waals surface area contributed by atoms with E-state index in [2.05, 4.69) is 22.0 Å². The minimum absolute atomic E-state index is 0.0626. The zero-order chi connectivity index (χ0) is 15.5. The first-order chi connectivity index (χ1) is 10.7. The highest BCUT2D eigenvalue weighted by Crippen LogP contribution is 2.29. The first-order valence-electron chi connectivity index (χ1n) is 7.05. The maximum Gasteiger partial charge on any atom is 0.163 e. The molecule has 1 aromatic carbocycles. The van der Waals surface area contributed by atoms with Crippen LogP contribution in [0.1, 0.15) is 24.3 Å². The third-order valence-corrected chi connectivity index (χ3v) is 3.95. The first-order valence-corrected chi connectivity index (χ1v) is 7.42. The monoisotopic (exact) mass is 314 g/mol. The molecule has 6 heteroatoms. The predicted molar refractivity (Wildman–Crippen MR) is 83.7 cm³/mol. The summed E-state index contributed by atoms with van der Waals surface area (Å²) >= 11 is 6.06. The van der Waals surface area contributed by atoms with Crippen molar-refractivity contribution in [2.45, 2.75) is 19.1 Å². The van der Waals surface area contributed by atoms with Gasteiger partial charge < -0.3 is 9.64 Å². The van der Waals surface area contributed by atoms with Crippen molar-refractivity contribution in [3.05, 3.63) is 52.7 Å². The number of hydrogen-bond acceptors (Lipinski definition) is 5. The molecule has 1 aliphatic rings. The summed E-state index contributed by atoms with van der Waals surface area (Å²) in [5.41, 5.74) is 1.36. The molecule has 1 saturated heterocycles. The number of rotatable bonds is 2. The highest BCUT2D eigenvalue weighted by Gasteiger charge is 2.28. The smallest absolute Gasteiger partial charge is 0.163 e. The largest absolute Gasteiger partial charge is 0.370 e. The highest BCUT2D eigenvalue weighted by atomic mass is 35.5. The Bertz CT molecular complexity index is 698. The number of morpholine rings is 1. The van der Waals surface area contributed by atoms with Crippen LogP contribution in [-0.2, 0) is 4.74 Å². The number of hydrogen-bond donors (Lipinski definition) is 0. The number of benzene rings is 1. The van der Waals surface area contributed by atoms with Crippen LogP contribution in [0, 0.1) is 11.3 Å². The lowest BCUT2D eigenvalue weighted by Crippen LogP contribution is -2.45. The maximum atomic E-state index is 8.81. The van der Waals surface area contributed by atoms with Crippen LogP contribution in [0.5, 0.6) is 0 Å². The Morgan fingerprint density at radius 3 is 2.86 bits per heavy atom. The van der Waals surface area contributed by atoms with Crippen molar-refractivity contribution in [1.29, 1.82) is 5.26 Å². The van der Waals surface area contributed by atoms with Crippen molar-refractivity contribution in [3.8, 4) is 6.07 Å². The molecule has 2 atom stereocenters. The Kier molecular flexibility index (Phi) is 4.23. The summed E-state index contributed by atoms with van der Waals surface area (Å²) in [5, 5.41) is 17.6. The molecule has 0 radical (unpaired) electrons. The van der Waals surface area contributed by atoms with Crippen molar-refractivity contribution >= 4 is 17.4 Å². The van der Waals surface area contributed by atoms with Crippen LogP contribution in [0.4, 0.5) is 5.82 Å². The molecule has 3 rings (SSSR count). The summed E-state index contributed by atoms with van der Waals surface area (Å²) < 4.78 is 5.93. The third-order valence-electron chi connectivity index (χ3n) is 3.71. The van der Waals surface area contributed by atoms with Crippen LogP contribution in [-0.4, -0.2) is 29.4 Å². The minimum atomic E-state index is -0.0626. The second-order valence-electron chi connectivity index (χ2n) is 5.27. The van der Waals surface area contributed by atoms with Gasteiger partial charge in [0.05, 0.1) is 19.2 Å². The summed E-state index contributed by atoms with van der Waals surface area (Å²) in [4.78, 5) is 2.14. The summed E-state index contributed by atoms with van der Waals surface area (Å²) in [6, 6.07) is 13.4. The van der Waals surface area contributed by atoms with Crippen LogP contribution >= 0.6 is 11.6 Å². The average Bonchev–Trinajstić information content (AvgIpc) is 2.55. The molecule has 0 amide bonds. The van der Waals surface area contributed by atoms with Gasteiger partial charge in [-0.1, -0.05) is 23.7 Å². The number of anilines is 1. The minimum Gasteiger partial charge on any atom is -0.370 e. The van der Waals surface area contributed by atoms with Crippen molar-refractivity contribution in [1.82, 2.24) is 10.2 Å². The Hall–Kier alpha value is -2.16. The van der Waals surface area contributed by atoms with Gasteiger partial charge in [-0.25, -0.2) is 0 Å². The molecule has 112 valence electrons. The summed E-state index contributed by atoms with van der Waals surface area (Å²) in [7, 11) is 0. The van der Waals surface area contributed by atoms with E-state index in [9.17, 15) is 0 Å². The van der Waals surface area contributed by atoms with E-state index >= 15 is 0 Å². The van der Waals surface area contributed by atoms with Crippen LogP contribution in [0.25, 0.3) is 0 Å². The third kappa shape index (κ3) is 3.03. The van der Waals surface area contributed by atoms with Gasteiger partial charge in [0.25, 0.3) is 0 Å². The number of halogens is 1. The fraction of sp³-hybridized carbons (Fsp3) is 0.312. The van der Waals surface area contributed by atoms with E-state index in [-0.39, 0.29) is 12.1 Å². The van der Waals surface area contributed by atoms with Gasteiger partial charge in [-0.3, -0.25) is 0 Å². The Balaban J connectivity index is 1.83. The van der Waals surface area contributed by atoms with Crippen LogP contribution in [0.3, 0.4) is 0 Å². The number of aromatic nitrogens is 2. The molecule has 0 saturated carbocycles. The van der Waals surface area contributed by atoms with E-state index in [1.54, 1.807) is 6.07 Å².